The molecular formula is C13H21N5. The Hall–Kier alpha value is -1.62. The molecule has 0 atom stereocenters. The Labute approximate surface area is 108 Å². The van der Waals surface area contributed by atoms with E-state index in [0.29, 0.717) is 6.04 Å². The smallest absolute Gasteiger partial charge is 0.107 e. The SMILES string of the molecule is CCn1cc(-c2cnc(CCNC(C)C)[nH]2)cn1. The molecule has 0 fully saturated rings. The van der Waals surface area contributed by atoms with Gasteiger partial charge in [-0.1, -0.05) is 13.8 Å². The Morgan fingerprint density at radius 2 is 2.22 bits per heavy atom. The molecule has 2 heterocycles. The van der Waals surface area contributed by atoms with Crippen molar-refractivity contribution in [2.75, 3.05) is 6.54 Å². The highest BCUT2D eigenvalue weighted by molar-refractivity contribution is 5.55. The highest BCUT2D eigenvalue weighted by Crippen LogP contribution is 2.15. The number of hydrogen-bond donors (Lipinski definition) is 2. The second kappa shape index (κ2) is 5.82. The fraction of sp³-hybridized carbons (Fsp3) is 0.538. The molecule has 98 valence electrons. The Morgan fingerprint density at radius 1 is 1.39 bits per heavy atom. The predicted octanol–water partition coefficient (Wildman–Crippen LogP) is 1.83. The minimum atomic E-state index is 0.516. The second-order valence-corrected chi connectivity index (χ2v) is 4.69. The van der Waals surface area contributed by atoms with Crippen molar-refractivity contribution in [3.63, 3.8) is 0 Å². The summed E-state index contributed by atoms with van der Waals surface area (Å²) in [5.74, 6) is 1.02. The molecule has 0 aromatic carbocycles. The van der Waals surface area contributed by atoms with Gasteiger partial charge in [-0.3, -0.25) is 4.68 Å². The molecule has 5 heteroatoms. The van der Waals surface area contributed by atoms with Gasteiger partial charge in [-0.05, 0) is 6.92 Å². The van der Waals surface area contributed by atoms with Gasteiger partial charge in [0.25, 0.3) is 0 Å². The maximum atomic E-state index is 4.39. The molecule has 0 aliphatic carbocycles. The van der Waals surface area contributed by atoms with Crippen molar-refractivity contribution in [3.8, 4) is 11.3 Å². The summed E-state index contributed by atoms with van der Waals surface area (Å²) in [4.78, 5) is 7.73. The monoisotopic (exact) mass is 247 g/mol. The number of nitrogens with zero attached hydrogens (tertiary/aromatic N) is 3. The Bertz CT molecular complexity index is 483. The highest BCUT2D eigenvalue weighted by atomic mass is 15.3. The van der Waals surface area contributed by atoms with Crippen LogP contribution >= 0.6 is 0 Å². The first-order valence-electron chi connectivity index (χ1n) is 6.49. The van der Waals surface area contributed by atoms with Gasteiger partial charge < -0.3 is 10.3 Å². The molecule has 2 aromatic heterocycles. The average molecular weight is 247 g/mol. The third-order valence-electron chi connectivity index (χ3n) is 2.81. The van der Waals surface area contributed by atoms with Crippen molar-refractivity contribution in [2.24, 2.45) is 0 Å². The molecule has 2 aromatic rings. The fourth-order valence-corrected chi connectivity index (χ4v) is 1.79. The lowest BCUT2D eigenvalue weighted by molar-refractivity contribution is 0.584. The third kappa shape index (κ3) is 3.20. The van der Waals surface area contributed by atoms with Crippen LogP contribution in [0, 0.1) is 0 Å². The summed E-state index contributed by atoms with van der Waals surface area (Å²) in [5.41, 5.74) is 2.13. The summed E-state index contributed by atoms with van der Waals surface area (Å²) in [6.07, 6.45) is 6.69. The van der Waals surface area contributed by atoms with Crippen molar-refractivity contribution in [1.82, 2.24) is 25.1 Å². The number of imidazole rings is 1. The molecule has 5 nitrogen and oxygen atoms in total. The van der Waals surface area contributed by atoms with Gasteiger partial charge in [-0.25, -0.2) is 4.98 Å². The number of aromatic nitrogens is 4. The molecule has 0 saturated carbocycles. The van der Waals surface area contributed by atoms with E-state index in [1.807, 2.05) is 23.3 Å². The molecule has 2 rings (SSSR count). The van der Waals surface area contributed by atoms with Crippen LogP contribution < -0.4 is 5.32 Å². The number of aryl methyl sites for hydroxylation is 1. The number of nitrogens with one attached hydrogen (secondary N) is 2. The lowest BCUT2D eigenvalue weighted by atomic mass is 10.3. The van der Waals surface area contributed by atoms with E-state index in [4.69, 9.17) is 0 Å². The van der Waals surface area contributed by atoms with Crippen molar-refractivity contribution in [2.45, 2.75) is 39.8 Å². The topological polar surface area (TPSA) is 58.5 Å². The van der Waals surface area contributed by atoms with Gasteiger partial charge in [0.1, 0.15) is 5.82 Å². The average Bonchev–Trinajstić information content (AvgIpc) is 2.95. The zero-order valence-electron chi connectivity index (χ0n) is 11.3. The van der Waals surface area contributed by atoms with Crippen LogP contribution in [-0.2, 0) is 13.0 Å². The normalized spacial score (nSPS) is 11.3. The van der Waals surface area contributed by atoms with Crippen LogP contribution in [0.25, 0.3) is 11.3 Å². The van der Waals surface area contributed by atoms with Crippen molar-refractivity contribution in [1.29, 1.82) is 0 Å². The van der Waals surface area contributed by atoms with Gasteiger partial charge in [0, 0.05) is 37.3 Å². The first-order chi connectivity index (χ1) is 8.69. The van der Waals surface area contributed by atoms with Crippen LogP contribution in [0.1, 0.15) is 26.6 Å². The summed E-state index contributed by atoms with van der Waals surface area (Å²) in [7, 11) is 0. The Kier molecular flexibility index (Phi) is 4.15. The van der Waals surface area contributed by atoms with E-state index in [-0.39, 0.29) is 0 Å². The van der Waals surface area contributed by atoms with E-state index in [1.165, 1.54) is 0 Å². The van der Waals surface area contributed by atoms with Crippen LogP contribution in [-0.4, -0.2) is 32.3 Å². The number of rotatable bonds is 6. The van der Waals surface area contributed by atoms with Gasteiger partial charge in [-0.15, -0.1) is 0 Å². The molecule has 0 radical (unpaired) electrons. The van der Waals surface area contributed by atoms with E-state index < -0.39 is 0 Å². The van der Waals surface area contributed by atoms with Crippen LogP contribution in [0.2, 0.25) is 0 Å². The number of hydrogen-bond acceptors (Lipinski definition) is 3. The lowest BCUT2D eigenvalue weighted by Crippen LogP contribution is -2.25. The second-order valence-electron chi connectivity index (χ2n) is 4.69. The lowest BCUT2D eigenvalue weighted by Gasteiger charge is -2.05. The summed E-state index contributed by atoms with van der Waals surface area (Å²) in [6, 6.07) is 0.516. The number of aromatic amines is 1. The predicted molar refractivity (Wildman–Crippen MR) is 72.3 cm³/mol. The Morgan fingerprint density at radius 3 is 2.89 bits per heavy atom. The standard InChI is InChI=1S/C13H21N5/c1-4-18-9-11(7-16-18)12-8-15-13(17-12)5-6-14-10(2)3/h7-10,14H,4-6H2,1-3H3,(H,15,17). The summed E-state index contributed by atoms with van der Waals surface area (Å²) in [6.45, 7) is 8.20. The van der Waals surface area contributed by atoms with Gasteiger partial charge in [0.05, 0.1) is 18.1 Å². The molecular weight excluding hydrogens is 226 g/mol. The van der Waals surface area contributed by atoms with Crippen molar-refractivity contribution >= 4 is 0 Å². The van der Waals surface area contributed by atoms with Gasteiger partial charge >= 0.3 is 0 Å². The molecule has 0 aliphatic rings. The Balaban J connectivity index is 1.97. The van der Waals surface area contributed by atoms with Crippen LogP contribution in [0.5, 0.6) is 0 Å². The highest BCUT2D eigenvalue weighted by Gasteiger charge is 2.05. The van der Waals surface area contributed by atoms with Crippen molar-refractivity contribution in [3.05, 3.63) is 24.4 Å². The minimum Gasteiger partial charge on any atom is -0.342 e. The minimum absolute atomic E-state index is 0.516. The number of H-pyrrole nitrogens is 1. The molecule has 2 N–H and O–H groups in total. The van der Waals surface area contributed by atoms with Crippen LogP contribution in [0.15, 0.2) is 18.6 Å². The molecule has 18 heavy (non-hydrogen) atoms. The third-order valence-corrected chi connectivity index (χ3v) is 2.81. The molecule has 0 aliphatic heterocycles. The van der Waals surface area contributed by atoms with Gasteiger partial charge in [-0.2, -0.15) is 5.10 Å². The molecule has 0 bridgehead atoms. The van der Waals surface area contributed by atoms with Gasteiger partial charge in [0.2, 0.25) is 0 Å². The van der Waals surface area contributed by atoms with Gasteiger partial charge in [0.15, 0.2) is 0 Å². The summed E-state index contributed by atoms with van der Waals surface area (Å²) in [5, 5.41) is 7.64. The molecule has 0 unspecified atom stereocenters. The zero-order valence-corrected chi connectivity index (χ0v) is 11.3. The van der Waals surface area contributed by atoms with E-state index in [0.717, 1.165) is 36.6 Å². The fourth-order valence-electron chi connectivity index (χ4n) is 1.79. The largest absolute Gasteiger partial charge is 0.342 e. The maximum absolute atomic E-state index is 4.39. The van der Waals surface area contributed by atoms with E-state index in [9.17, 15) is 0 Å². The molecule has 0 spiro atoms. The summed E-state index contributed by atoms with van der Waals surface area (Å²) < 4.78 is 1.91. The first kappa shape index (κ1) is 12.8. The molecule has 0 amide bonds. The maximum Gasteiger partial charge on any atom is 0.107 e. The quantitative estimate of drug-likeness (QED) is 0.819. The van der Waals surface area contributed by atoms with E-state index in [1.54, 1.807) is 0 Å². The summed E-state index contributed by atoms with van der Waals surface area (Å²) >= 11 is 0. The van der Waals surface area contributed by atoms with E-state index >= 15 is 0 Å². The molecule has 0 saturated heterocycles. The van der Waals surface area contributed by atoms with Crippen LogP contribution in [0.4, 0.5) is 0 Å². The first-order valence-corrected chi connectivity index (χ1v) is 6.49. The van der Waals surface area contributed by atoms with Crippen molar-refractivity contribution < 1.29 is 0 Å². The zero-order chi connectivity index (χ0) is 13.0. The van der Waals surface area contributed by atoms with E-state index in [2.05, 4.69) is 41.2 Å². The van der Waals surface area contributed by atoms with Crippen LogP contribution in [0.3, 0.4) is 0 Å².